The summed E-state index contributed by atoms with van der Waals surface area (Å²) in [6.07, 6.45) is 6.64. The number of halogens is 2. The van der Waals surface area contributed by atoms with Crippen LogP contribution in [0.3, 0.4) is 0 Å². The molecular formula is C13H16Br2N2S. The van der Waals surface area contributed by atoms with Gasteiger partial charge in [-0.05, 0) is 80.5 Å². The molecule has 1 aromatic rings. The average molecular weight is 392 g/mol. The van der Waals surface area contributed by atoms with E-state index in [1.54, 1.807) is 0 Å². The Morgan fingerprint density at radius 3 is 2.22 bits per heavy atom. The number of nitrogens with one attached hydrogen (secondary N) is 1. The lowest BCUT2D eigenvalue weighted by Gasteiger charge is -2.23. The predicted molar refractivity (Wildman–Crippen MR) is 88.1 cm³/mol. The van der Waals surface area contributed by atoms with Crippen LogP contribution in [0.4, 0.5) is 5.69 Å². The molecule has 0 bridgehead atoms. The molecule has 18 heavy (non-hydrogen) atoms. The molecule has 0 aromatic heterocycles. The standard InChI is InChI=1S/C13H16Br2N2S/c14-10-6-9(8-4-2-1-3-5-8)7-11(15)12(10)17-13(16)18/h6-8H,1-5H2,(H3,16,17,18). The largest absolute Gasteiger partial charge is 0.376 e. The zero-order valence-electron chi connectivity index (χ0n) is 10.0. The van der Waals surface area contributed by atoms with Gasteiger partial charge in [0.05, 0.1) is 5.69 Å². The minimum atomic E-state index is 0.279. The van der Waals surface area contributed by atoms with E-state index in [2.05, 4.69) is 49.3 Å². The van der Waals surface area contributed by atoms with Crippen LogP contribution in [0.25, 0.3) is 0 Å². The van der Waals surface area contributed by atoms with E-state index in [0.29, 0.717) is 5.92 Å². The maximum Gasteiger partial charge on any atom is 0.168 e. The molecule has 0 radical (unpaired) electrons. The molecule has 5 heteroatoms. The second-order valence-corrected chi connectivity index (χ2v) is 6.83. The molecule has 1 saturated carbocycles. The number of hydrogen-bond acceptors (Lipinski definition) is 1. The van der Waals surface area contributed by atoms with Gasteiger partial charge >= 0.3 is 0 Å². The van der Waals surface area contributed by atoms with Gasteiger partial charge in [-0.25, -0.2) is 0 Å². The number of benzene rings is 1. The highest BCUT2D eigenvalue weighted by atomic mass is 79.9. The zero-order chi connectivity index (χ0) is 13.1. The van der Waals surface area contributed by atoms with Crippen molar-refractivity contribution in [1.82, 2.24) is 0 Å². The van der Waals surface area contributed by atoms with Crippen LogP contribution in [0.5, 0.6) is 0 Å². The van der Waals surface area contributed by atoms with E-state index < -0.39 is 0 Å². The van der Waals surface area contributed by atoms with Gasteiger partial charge in [0.1, 0.15) is 0 Å². The Bertz CT molecular complexity index is 433. The summed E-state index contributed by atoms with van der Waals surface area (Å²) >= 11 is 12.1. The van der Waals surface area contributed by atoms with E-state index in [4.69, 9.17) is 18.0 Å². The van der Waals surface area contributed by atoms with Crippen molar-refractivity contribution in [3.63, 3.8) is 0 Å². The van der Waals surface area contributed by atoms with E-state index in [9.17, 15) is 0 Å². The lowest BCUT2D eigenvalue weighted by Crippen LogP contribution is -2.19. The highest BCUT2D eigenvalue weighted by Crippen LogP contribution is 2.39. The molecule has 2 rings (SSSR count). The summed E-state index contributed by atoms with van der Waals surface area (Å²) < 4.78 is 2.01. The molecule has 0 atom stereocenters. The summed E-state index contributed by atoms with van der Waals surface area (Å²) in [5, 5.41) is 3.27. The second-order valence-electron chi connectivity index (χ2n) is 4.68. The van der Waals surface area contributed by atoms with Gasteiger partial charge in [0.2, 0.25) is 0 Å². The number of anilines is 1. The van der Waals surface area contributed by atoms with Crippen LogP contribution in [0.2, 0.25) is 0 Å². The number of hydrogen-bond donors (Lipinski definition) is 2. The number of thiocarbonyl (C=S) groups is 1. The summed E-state index contributed by atoms with van der Waals surface area (Å²) in [5.74, 6) is 0.685. The van der Waals surface area contributed by atoms with E-state index in [1.807, 2.05) is 0 Å². The van der Waals surface area contributed by atoms with Crippen LogP contribution in [0.15, 0.2) is 21.1 Å². The summed E-state index contributed by atoms with van der Waals surface area (Å²) in [5.41, 5.74) is 7.82. The fourth-order valence-electron chi connectivity index (χ4n) is 2.51. The van der Waals surface area contributed by atoms with Gasteiger partial charge < -0.3 is 11.1 Å². The number of nitrogens with two attached hydrogens (primary N) is 1. The van der Waals surface area contributed by atoms with Gasteiger partial charge in [0, 0.05) is 8.95 Å². The Labute approximate surface area is 130 Å². The number of rotatable bonds is 2. The molecule has 1 fully saturated rings. The maximum absolute atomic E-state index is 5.52. The molecule has 0 heterocycles. The van der Waals surface area contributed by atoms with Crippen LogP contribution in [-0.4, -0.2) is 5.11 Å². The Morgan fingerprint density at radius 1 is 1.17 bits per heavy atom. The normalized spacial score (nSPS) is 16.6. The van der Waals surface area contributed by atoms with Gasteiger partial charge in [-0.3, -0.25) is 0 Å². The van der Waals surface area contributed by atoms with Crippen molar-refractivity contribution in [1.29, 1.82) is 0 Å². The van der Waals surface area contributed by atoms with Crippen LogP contribution >= 0.6 is 44.1 Å². The predicted octanol–water partition coefficient (Wildman–Crippen LogP) is 4.91. The van der Waals surface area contributed by atoms with E-state index >= 15 is 0 Å². The van der Waals surface area contributed by atoms with E-state index in [1.165, 1.54) is 37.7 Å². The van der Waals surface area contributed by atoms with Crippen LogP contribution in [-0.2, 0) is 0 Å². The van der Waals surface area contributed by atoms with Crippen molar-refractivity contribution < 1.29 is 0 Å². The first-order valence-corrected chi connectivity index (χ1v) is 8.12. The third-order valence-corrected chi connectivity index (χ3v) is 4.74. The average Bonchev–Trinajstić information content (AvgIpc) is 2.34. The van der Waals surface area contributed by atoms with Crippen molar-refractivity contribution in [2.45, 2.75) is 38.0 Å². The molecule has 1 aliphatic carbocycles. The highest BCUT2D eigenvalue weighted by molar-refractivity contribution is 9.11. The van der Waals surface area contributed by atoms with Crippen molar-refractivity contribution in [3.05, 3.63) is 26.6 Å². The first-order chi connectivity index (χ1) is 8.58. The van der Waals surface area contributed by atoms with Gasteiger partial charge in [-0.2, -0.15) is 0 Å². The minimum Gasteiger partial charge on any atom is -0.376 e. The first-order valence-electron chi connectivity index (χ1n) is 6.13. The Hall–Kier alpha value is -0.130. The quantitative estimate of drug-likeness (QED) is 0.703. The molecule has 2 nitrogen and oxygen atoms in total. The van der Waals surface area contributed by atoms with Crippen molar-refractivity contribution in [2.24, 2.45) is 5.73 Å². The SMILES string of the molecule is NC(=S)Nc1c(Br)cc(C2CCCCC2)cc1Br. The Morgan fingerprint density at radius 2 is 1.72 bits per heavy atom. The third-order valence-electron chi connectivity index (χ3n) is 3.39. The maximum atomic E-state index is 5.52. The molecule has 0 unspecified atom stereocenters. The van der Waals surface area contributed by atoms with Gasteiger partial charge in [-0.1, -0.05) is 19.3 Å². The van der Waals surface area contributed by atoms with E-state index in [0.717, 1.165) is 14.6 Å². The lowest BCUT2D eigenvalue weighted by molar-refractivity contribution is 0.443. The molecule has 98 valence electrons. The first kappa shape index (κ1) is 14.3. The Balaban J connectivity index is 2.26. The molecule has 3 N–H and O–H groups in total. The fourth-order valence-corrected chi connectivity index (χ4v) is 4.03. The third kappa shape index (κ3) is 3.45. The van der Waals surface area contributed by atoms with Crippen molar-refractivity contribution >= 4 is 54.9 Å². The van der Waals surface area contributed by atoms with Crippen molar-refractivity contribution in [3.8, 4) is 0 Å². The topological polar surface area (TPSA) is 38.0 Å². The summed E-state index contributed by atoms with van der Waals surface area (Å²) in [4.78, 5) is 0. The zero-order valence-corrected chi connectivity index (χ0v) is 14.0. The molecule has 0 saturated heterocycles. The minimum absolute atomic E-state index is 0.279. The van der Waals surface area contributed by atoms with Crippen LogP contribution < -0.4 is 11.1 Å². The molecule has 1 aliphatic rings. The van der Waals surface area contributed by atoms with Gasteiger partial charge in [-0.15, -0.1) is 0 Å². The smallest absolute Gasteiger partial charge is 0.168 e. The lowest BCUT2D eigenvalue weighted by atomic mass is 9.84. The van der Waals surface area contributed by atoms with Gasteiger partial charge in [0.25, 0.3) is 0 Å². The van der Waals surface area contributed by atoms with Crippen molar-refractivity contribution in [2.75, 3.05) is 5.32 Å². The van der Waals surface area contributed by atoms with Gasteiger partial charge in [0.15, 0.2) is 5.11 Å². The molecule has 0 aliphatic heterocycles. The summed E-state index contributed by atoms with van der Waals surface area (Å²) in [6, 6.07) is 4.36. The molecule has 0 spiro atoms. The molecule has 0 amide bonds. The molecular weight excluding hydrogens is 376 g/mol. The summed E-state index contributed by atoms with van der Waals surface area (Å²) in [6.45, 7) is 0. The second kappa shape index (κ2) is 6.35. The fraction of sp³-hybridized carbons (Fsp3) is 0.462. The van der Waals surface area contributed by atoms with E-state index in [-0.39, 0.29) is 5.11 Å². The van der Waals surface area contributed by atoms with Crippen LogP contribution in [0, 0.1) is 0 Å². The summed E-state index contributed by atoms with van der Waals surface area (Å²) in [7, 11) is 0. The Kier molecular flexibility index (Phi) is 5.04. The molecule has 1 aromatic carbocycles. The highest BCUT2D eigenvalue weighted by Gasteiger charge is 2.18. The van der Waals surface area contributed by atoms with Crippen LogP contribution in [0.1, 0.15) is 43.6 Å². The monoisotopic (exact) mass is 390 g/mol.